The highest BCUT2D eigenvalue weighted by Gasteiger charge is 2.31. The van der Waals surface area contributed by atoms with E-state index < -0.39 is 6.36 Å². The molecule has 0 unspecified atom stereocenters. The number of benzene rings is 1. The minimum Gasteiger partial charge on any atom is -0.406 e. The van der Waals surface area contributed by atoms with Crippen molar-refractivity contribution in [3.63, 3.8) is 0 Å². The molecule has 1 heterocycles. The lowest BCUT2D eigenvalue weighted by molar-refractivity contribution is -0.274. The number of alkyl halides is 3. The Morgan fingerprint density at radius 3 is 2.50 bits per heavy atom. The first kappa shape index (κ1) is 18.6. The van der Waals surface area contributed by atoms with Crippen LogP contribution in [0.3, 0.4) is 0 Å². The van der Waals surface area contributed by atoms with Crippen LogP contribution < -0.4 is 10.1 Å². The minimum absolute atomic E-state index is 0.339. The monoisotopic (exact) mass is 382 g/mol. The first-order valence-electron chi connectivity index (χ1n) is 8.19. The molecule has 1 aromatic carbocycles. The van der Waals surface area contributed by atoms with Crippen molar-refractivity contribution >= 4 is 23.4 Å². The Morgan fingerprint density at radius 2 is 1.85 bits per heavy atom. The molecule has 1 aromatic heterocycles. The Kier molecular flexibility index (Phi) is 5.70. The van der Waals surface area contributed by atoms with E-state index in [-0.39, 0.29) is 11.7 Å². The quantitative estimate of drug-likeness (QED) is 0.766. The number of hydrogen-bond acceptors (Lipinski definition) is 4. The molecular weight excluding hydrogens is 365 g/mol. The highest BCUT2D eigenvalue weighted by Crippen LogP contribution is 2.35. The highest BCUT2D eigenvalue weighted by molar-refractivity contribution is 7.99. The second-order valence-corrected chi connectivity index (χ2v) is 7.20. The molecule has 0 saturated heterocycles. The second-order valence-electron chi connectivity index (χ2n) is 5.91. The van der Waals surface area contributed by atoms with E-state index in [1.165, 1.54) is 25.0 Å². The average molecular weight is 382 g/mol. The van der Waals surface area contributed by atoms with Gasteiger partial charge in [-0.15, -0.1) is 24.9 Å². The molecule has 0 radical (unpaired) electrons. The van der Waals surface area contributed by atoms with Gasteiger partial charge < -0.3 is 10.1 Å². The van der Waals surface area contributed by atoms with Gasteiger partial charge in [0.05, 0.1) is 5.56 Å². The molecule has 4 nitrogen and oxygen atoms in total. The molecule has 1 saturated carbocycles. The van der Waals surface area contributed by atoms with Gasteiger partial charge in [-0.1, -0.05) is 12.8 Å². The fourth-order valence-corrected chi connectivity index (χ4v) is 4.05. The zero-order chi connectivity index (χ0) is 18.6. The maximum Gasteiger partial charge on any atom is 0.573 e. The van der Waals surface area contributed by atoms with Gasteiger partial charge >= 0.3 is 6.36 Å². The van der Waals surface area contributed by atoms with Crippen molar-refractivity contribution in [3.8, 4) is 5.75 Å². The van der Waals surface area contributed by atoms with Crippen LogP contribution in [0.15, 0.2) is 47.6 Å². The Bertz CT molecular complexity index is 760. The van der Waals surface area contributed by atoms with Gasteiger partial charge in [-0.25, -0.2) is 4.98 Å². The van der Waals surface area contributed by atoms with Crippen LogP contribution in [0.4, 0.5) is 18.9 Å². The van der Waals surface area contributed by atoms with Gasteiger partial charge in [0.15, 0.2) is 0 Å². The molecule has 0 aliphatic heterocycles. The summed E-state index contributed by atoms with van der Waals surface area (Å²) in [7, 11) is 0. The van der Waals surface area contributed by atoms with Crippen molar-refractivity contribution in [2.24, 2.45) is 0 Å². The van der Waals surface area contributed by atoms with Crippen molar-refractivity contribution in [2.45, 2.75) is 42.3 Å². The summed E-state index contributed by atoms with van der Waals surface area (Å²) < 4.78 is 40.4. The van der Waals surface area contributed by atoms with Gasteiger partial charge in [0.25, 0.3) is 5.91 Å². The number of anilines is 1. The minimum atomic E-state index is -4.74. The number of amides is 1. The molecule has 1 aliphatic rings. The fourth-order valence-electron chi connectivity index (χ4n) is 2.76. The molecule has 3 rings (SSSR count). The largest absolute Gasteiger partial charge is 0.573 e. The van der Waals surface area contributed by atoms with E-state index in [0.29, 0.717) is 21.5 Å². The standard InChI is InChI=1S/C18H17F3N2O2S/c19-18(20,21)25-13-9-7-12(8-10-13)23-16(24)15-6-3-11-22-17(15)26-14-4-1-2-5-14/h3,6-11,14H,1-2,4-5H2,(H,23,24). The lowest BCUT2D eigenvalue weighted by atomic mass is 10.2. The number of rotatable bonds is 5. The van der Waals surface area contributed by atoms with E-state index >= 15 is 0 Å². The molecule has 0 atom stereocenters. The maximum absolute atomic E-state index is 12.5. The van der Waals surface area contributed by atoms with Crippen LogP contribution in [0.5, 0.6) is 5.75 Å². The van der Waals surface area contributed by atoms with Crippen LogP contribution in [-0.4, -0.2) is 22.5 Å². The topological polar surface area (TPSA) is 51.2 Å². The van der Waals surface area contributed by atoms with Gasteiger partial charge in [-0.2, -0.15) is 0 Å². The Labute approximate surface area is 153 Å². The van der Waals surface area contributed by atoms with Crippen LogP contribution in [0, 0.1) is 0 Å². The number of ether oxygens (including phenoxy) is 1. The number of halogens is 3. The third-order valence-corrected chi connectivity index (χ3v) is 5.30. The third kappa shape index (κ3) is 5.14. The summed E-state index contributed by atoms with van der Waals surface area (Å²) >= 11 is 1.61. The van der Waals surface area contributed by atoms with Gasteiger partial charge in [0.2, 0.25) is 0 Å². The highest BCUT2D eigenvalue weighted by atomic mass is 32.2. The number of aromatic nitrogens is 1. The normalized spacial score (nSPS) is 15.0. The summed E-state index contributed by atoms with van der Waals surface area (Å²) in [5.74, 6) is -0.683. The van der Waals surface area contributed by atoms with E-state index in [4.69, 9.17) is 0 Å². The van der Waals surface area contributed by atoms with E-state index in [1.54, 1.807) is 30.1 Å². The molecule has 8 heteroatoms. The van der Waals surface area contributed by atoms with Crippen LogP contribution in [-0.2, 0) is 0 Å². The van der Waals surface area contributed by atoms with Crippen molar-refractivity contribution < 1.29 is 22.7 Å². The molecule has 1 amide bonds. The Balaban J connectivity index is 1.68. The van der Waals surface area contributed by atoms with Gasteiger partial charge in [-0.3, -0.25) is 4.79 Å². The van der Waals surface area contributed by atoms with E-state index in [2.05, 4.69) is 15.0 Å². The van der Waals surface area contributed by atoms with Crippen molar-refractivity contribution in [1.29, 1.82) is 0 Å². The number of carbonyl (C=O) groups excluding carboxylic acids is 1. The molecule has 26 heavy (non-hydrogen) atoms. The van der Waals surface area contributed by atoms with E-state index in [9.17, 15) is 18.0 Å². The SMILES string of the molecule is O=C(Nc1ccc(OC(F)(F)F)cc1)c1cccnc1SC1CCCC1. The Morgan fingerprint density at radius 1 is 1.15 bits per heavy atom. The summed E-state index contributed by atoms with van der Waals surface area (Å²) in [6, 6.07) is 8.41. The van der Waals surface area contributed by atoms with E-state index in [0.717, 1.165) is 25.0 Å². The van der Waals surface area contributed by atoms with Crippen LogP contribution >= 0.6 is 11.8 Å². The lowest BCUT2D eigenvalue weighted by Gasteiger charge is -2.13. The number of thioether (sulfide) groups is 1. The predicted molar refractivity (Wildman–Crippen MR) is 93.4 cm³/mol. The van der Waals surface area contributed by atoms with Crippen molar-refractivity contribution in [1.82, 2.24) is 4.98 Å². The van der Waals surface area contributed by atoms with Crippen molar-refractivity contribution in [3.05, 3.63) is 48.2 Å². The fraction of sp³-hybridized carbons (Fsp3) is 0.333. The summed E-state index contributed by atoms with van der Waals surface area (Å²) in [5.41, 5.74) is 0.838. The van der Waals surface area contributed by atoms with Gasteiger partial charge in [0.1, 0.15) is 10.8 Å². The Hall–Kier alpha value is -2.22. The molecule has 0 spiro atoms. The van der Waals surface area contributed by atoms with Crippen LogP contribution in [0.2, 0.25) is 0 Å². The summed E-state index contributed by atoms with van der Waals surface area (Å²) in [6.07, 6.45) is 1.52. The number of nitrogens with zero attached hydrogens (tertiary/aromatic N) is 1. The lowest BCUT2D eigenvalue weighted by Crippen LogP contribution is -2.17. The van der Waals surface area contributed by atoms with E-state index in [1.807, 2.05) is 0 Å². The van der Waals surface area contributed by atoms with Crippen LogP contribution in [0.1, 0.15) is 36.0 Å². The smallest absolute Gasteiger partial charge is 0.406 e. The number of nitrogens with one attached hydrogen (secondary N) is 1. The second kappa shape index (κ2) is 7.99. The first-order valence-corrected chi connectivity index (χ1v) is 9.07. The predicted octanol–water partition coefficient (Wildman–Crippen LogP) is 5.27. The first-order chi connectivity index (χ1) is 12.4. The number of carbonyl (C=O) groups is 1. The number of pyridine rings is 1. The van der Waals surface area contributed by atoms with Gasteiger partial charge in [0, 0.05) is 17.1 Å². The van der Waals surface area contributed by atoms with Crippen molar-refractivity contribution in [2.75, 3.05) is 5.32 Å². The van der Waals surface area contributed by atoms with Gasteiger partial charge in [-0.05, 0) is 49.2 Å². The summed E-state index contributed by atoms with van der Waals surface area (Å²) in [6.45, 7) is 0. The average Bonchev–Trinajstić information content (AvgIpc) is 3.09. The molecule has 2 aromatic rings. The third-order valence-electron chi connectivity index (χ3n) is 3.94. The summed E-state index contributed by atoms with van der Waals surface area (Å²) in [4.78, 5) is 16.9. The number of hydrogen-bond donors (Lipinski definition) is 1. The van der Waals surface area contributed by atoms with Crippen LogP contribution in [0.25, 0.3) is 0 Å². The molecule has 0 bridgehead atoms. The molecular formula is C18H17F3N2O2S. The molecule has 1 fully saturated rings. The zero-order valence-electron chi connectivity index (χ0n) is 13.8. The zero-order valence-corrected chi connectivity index (χ0v) is 14.6. The molecule has 1 aliphatic carbocycles. The molecule has 138 valence electrons. The molecule has 1 N–H and O–H groups in total. The maximum atomic E-state index is 12.5. The summed E-state index contributed by atoms with van der Waals surface area (Å²) in [5, 5.41) is 3.83.